The van der Waals surface area contributed by atoms with E-state index in [2.05, 4.69) is 5.32 Å². The van der Waals surface area contributed by atoms with Crippen LogP contribution in [0.5, 0.6) is 0 Å². The van der Waals surface area contributed by atoms with E-state index in [0.29, 0.717) is 29.5 Å². The Hall–Kier alpha value is -2.81. The Balaban J connectivity index is 1.35. The first-order valence-electron chi connectivity index (χ1n) is 9.31. The molecule has 2 aromatic carbocycles. The van der Waals surface area contributed by atoms with Crippen LogP contribution in [0.25, 0.3) is 11.3 Å². The average molecular weight is 446 g/mol. The highest BCUT2D eigenvalue weighted by atomic mass is 35.5. The van der Waals surface area contributed by atoms with Gasteiger partial charge in [-0.15, -0.1) is 0 Å². The lowest BCUT2D eigenvalue weighted by Crippen LogP contribution is -2.36. The van der Waals surface area contributed by atoms with Gasteiger partial charge in [0.15, 0.2) is 0 Å². The van der Waals surface area contributed by atoms with E-state index in [4.69, 9.17) is 21.2 Å². The van der Waals surface area contributed by atoms with E-state index in [9.17, 15) is 13.2 Å². The lowest BCUT2D eigenvalue weighted by Gasteiger charge is -2.18. The number of hydrogen-bond donors (Lipinski definition) is 2. The molecule has 9 heteroatoms. The van der Waals surface area contributed by atoms with Gasteiger partial charge in [-0.1, -0.05) is 11.6 Å². The van der Waals surface area contributed by atoms with E-state index in [0.717, 1.165) is 16.8 Å². The van der Waals surface area contributed by atoms with Gasteiger partial charge in [0.1, 0.15) is 11.5 Å². The van der Waals surface area contributed by atoms with Crippen LogP contribution < -0.4 is 15.4 Å². The fourth-order valence-corrected chi connectivity index (χ4v) is 4.14. The van der Waals surface area contributed by atoms with Gasteiger partial charge in [-0.25, -0.2) is 13.6 Å². The van der Waals surface area contributed by atoms with E-state index < -0.39 is 10.0 Å². The zero-order valence-electron chi connectivity index (χ0n) is 16.0. The predicted molar refractivity (Wildman–Crippen MR) is 115 cm³/mol. The van der Waals surface area contributed by atoms with Crippen molar-refractivity contribution >= 4 is 33.2 Å². The van der Waals surface area contributed by atoms with Crippen molar-refractivity contribution in [2.75, 3.05) is 18.0 Å². The Kier molecular flexibility index (Phi) is 5.55. The molecule has 0 aliphatic carbocycles. The SMILES string of the molecule is NS(=O)(=O)c1ccc2c(c1)CCN2CC(=O)NCc1ccc(-c2ccc(Cl)cc2)o1. The molecule has 4 rings (SSSR count). The number of fused-ring (bicyclic) bond motifs is 1. The Morgan fingerprint density at radius 2 is 1.90 bits per heavy atom. The Morgan fingerprint density at radius 3 is 2.63 bits per heavy atom. The zero-order chi connectivity index (χ0) is 21.3. The van der Waals surface area contributed by atoms with Crippen molar-refractivity contribution in [1.29, 1.82) is 0 Å². The van der Waals surface area contributed by atoms with Crippen molar-refractivity contribution in [3.8, 4) is 11.3 Å². The Labute approximate surface area is 179 Å². The summed E-state index contributed by atoms with van der Waals surface area (Å²) in [6.07, 6.45) is 0.661. The second kappa shape index (κ2) is 8.14. The molecule has 1 aliphatic heterocycles. The van der Waals surface area contributed by atoms with Crippen LogP contribution in [0.3, 0.4) is 0 Å². The predicted octanol–water partition coefficient (Wildman–Crippen LogP) is 2.93. The summed E-state index contributed by atoms with van der Waals surface area (Å²) in [6, 6.07) is 15.7. The average Bonchev–Trinajstić information content (AvgIpc) is 3.33. The summed E-state index contributed by atoms with van der Waals surface area (Å²) in [5, 5.41) is 8.70. The number of hydrogen-bond acceptors (Lipinski definition) is 5. The van der Waals surface area contributed by atoms with Crippen LogP contribution in [0, 0.1) is 0 Å². The molecular weight excluding hydrogens is 426 g/mol. The molecule has 0 bridgehead atoms. The molecule has 0 atom stereocenters. The van der Waals surface area contributed by atoms with E-state index >= 15 is 0 Å². The number of primary sulfonamides is 1. The van der Waals surface area contributed by atoms with Crippen LogP contribution in [0.1, 0.15) is 11.3 Å². The van der Waals surface area contributed by atoms with E-state index in [-0.39, 0.29) is 23.9 Å². The van der Waals surface area contributed by atoms with Crippen LogP contribution >= 0.6 is 11.6 Å². The van der Waals surface area contributed by atoms with Gasteiger partial charge in [0.2, 0.25) is 15.9 Å². The third kappa shape index (κ3) is 4.51. The molecule has 2 heterocycles. The molecule has 0 spiro atoms. The second-order valence-corrected chi connectivity index (χ2v) is 9.05. The molecule has 1 aromatic heterocycles. The third-order valence-corrected chi connectivity index (χ3v) is 6.12. The maximum absolute atomic E-state index is 12.4. The molecule has 1 aliphatic rings. The van der Waals surface area contributed by atoms with Gasteiger partial charge in [-0.05, 0) is 66.6 Å². The molecule has 1 amide bonds. The van der Waals surface area contributed by atoms with Crippen molar-refractivity contribution in [3.63, 3.8) is 0 Å². The summed E-state index contributed by atoms with van der Waals surface area (Å²) < 4.78 is 28.8. The van der Waals surface area contributed by atoms with E-state index in [1.54, 1.807) is 24.3 Å². The highest BCUT2D eigenvalue weighted by Crippen LogP contribution is 2.29. The maximum Gasteiger partial charge on any atom is 0.239 e. The number of anilines is 1. The van der Waals surface area contributed by atoms with Gasteiger partial charge >= 0.3 is 0 Å². The molecule has 7 nitrogen and oxygen atoms in total. The molecular formula is C21H20ClN3O4S. The monoisotopic (exact) mass is 445 g/mol. The van der Waals surface area contributed by atoms with Crippen molar-refractivity contribution in [1.82, 2.24) is 5.32 Å². The molecule has 30 heavy (non-hydrogen) atoms. The van der Waals surface area contributed by atoms with Crippen molar-refractivity contribution in [3.05, 3.63) is 70.9 Å². The summed E-state index contributed by atoms with van der Waals surface area (Å²) in [6.45, 7) is 1.09. The maximum atomic E-state index is 12.4. The molecule has 0 saturated heterocycles. The molecule has 0 fully saturated rings. The Bertz CT molecular complexity index is 1190. The van der Waals surface area contributed by atoms with E-state index in [1.165, 1.54) is 6.07 Å². The first-order chi connectivity index (χ1) is 14.3. The summed E-state index contributed by atoms with van der Waals surface area (Å²) in [7, 11) is -3.74. The van der Waals surface area contributed by atoms with Crippen LogP contribution in [-0.2, 0) is 27.8 Å². The molecule has 156 valence electrons. The number of rotatable bonds is 6. The standard InChI is InChI=1S/C21H20ClN3O4S/c22-16-3-1-14(2-4-16)20-8-5-17(29-20)12-24-21(26)13-25-10-9-15-11-18(30(23,27)28)6-7-19(15)25/h1-8,11H,9-10,12-13H2,(H,24,26)(H2,23,27,28). The largest absolute Gasteiger partial charge is 0.459 e. The topological polar surface area (TPSA) is 106 Å². The number of carbonyl (C=O) groups excluding carboxylic acids is 1. The number of carbonyl (C=O) groups is 1. The van der Waals surface area contributed by atoms with Crippen molar-refractivity contribution in [2.24, 2.45) is 5.14 Å². The van der Waals surface area contributed by atoms with E-state index in [1.807, 2.05) is 29.2 Å². The first kappa shape index (κ1) is 20.5. The fraction of sp³-hybridized carbons (Fsp3) is 0.190. The smallest absolute Gasteiger partial charge is 0.239 e. The summed E-state index contributed by atoms with van der Waals surface area (Å²) in [4.78, 5) is 14.4. The molecule has 0 saturated carbocycles. The number of sulfonamides is 1. The molecule has 0 radical (unpaired) electrons. The van der Waals surface area contributed by atoms with Crippen LogP contribution in [-0.4, -0.2) is 27.4 Å². The highest BCUT2D eigenvalue weighted by Gasteiger charge is 2.23. The van der Waals surface area contributed by atoms with Gasteiger partial charge in [0.25, 0.3) is 0 Å². The highest BCUT2D eigenvalue weighted by molar-refractivity contribution is 7.89. The van der Waals surface area contributed by atoms with Crippen LogP contribution in [0.2, 0.25) is 5.02 Å². The number of benzene rings is 2. The van der Waals surface area contributed by atoms with Gasteiger partial charge in [0, 0.05) is 22.8 Å². The quantitative estimate of drug-likeness (QED) is 0.606. The minimum absolute atomic E-state index is 0.0851. The van der Waals surface area contributed by atoms with Gasteiger partial charge in [-0.3, -0.25) is 4.79 Å². The summed E-state index contributed by atoms with van der Waals surface area (Å²) in [5.74, 6) is 1.20. The molecule has 3 N–H and O–H groups in total. The third-order valence-electron chi connectivity index (χ3n) is 4.96. The Morgan fingerprint density at radius 1 is 1.13 bits per heavy atom. The summed E-state index contributed by atoms with van der Waals surface area (Å²) >= 11 is 5.90. The number of nitrogens with one attached hydrogen (secondary N) is 1. The van der Waals surface area contributed by atoms with Crippen LogP contribution in [0.15, 0.2) is 63.9 Å². The van der Waals surface area contributed by atoms with Gasteiger partial charge < -0.3 is 14.6 Å². The molecule has 3 aromatic rings. The lowest BCUT2D eigenvalue weighted by atomic mass is 10.2. The zero-order valence-corrected chi connectivity index (χ0v) is 17.5. The fourth-order valence-electron chi connectivity index (χ4n) is 3.44. The van der Waals surface area contributed by atoms with Crippen molar-refractivity contribution in [2.45, 2.75) is 17.9 Å². The normalized spacial score (nSPS) is 13.3. The minimum atomic E-state index is -3.74. The number of amides is 1. The lowest BCUT2D eigenvalue weighted by molar-refractivity contribution is -0.120. The van der Waals surface area contributed by atoms with Gasteiger partial charge in [0.05, 0.1) is 18.0 Å². The second-order valence-electron chi connectivity index (χ2n) is 7.06. The minimum Gasteiger partial charge on any atom is -0.459 e. The van der Waals surface area contributed by atoms with Crippen molar-refractivity contribution < 1.29 is 17.6 Å². The number of furan rings is 1. The molecule has 0 unspecified atom stereocenters. The first-order valence-corrected chi connectivity index (χ1v) is 11.2. The van der Waals surface area contributed by atoms with Gasteiger partial charge in [-0.2, -0.15) is 0 Å². The van der Waals surface area contributed by atoms with Crippen LogP contribution in [0.4, 0.5) is 5.69 Å². The summed E-state index contributed by atoms with van der Waals surface area (Å²) in [5.41, 5.74) is 2.62. The number of nitrogens with two attached hydrogens (primary N) is 1. The number of halogens is 1. The number of nitrogens with zero attached hydrogens (tertiary/aromatic N) is 1.